The van der Waals surface area contributed by atoms with Crippen LogP contribution in [-0.2, 0) is 0 Å². The summed E-state index contributed by atoms with van der Waals surface area (Å²) in [5.74, 6) is 0. The zero-order valence-electron chi connectivity index (χ0n) is 17.5. The Morgan fingerprint density at radius 2 is 0.714 bits per heavy atom. The van der Waals surface area contributed by atoms with Gasteiger partial charge in [-0.3, -0.25) is 0 Å². The first-order valence-electron chi connectivity index (χ1n) is 8.50. The molecule has 126 valence electrons. The molecule has 0 fully saturated rings. The predicted octanol–water partition coefficient (Wildman–Crippen LogP) is 5.51. The van der Waals surface area contributed by atoms with Crippen LogP contribution in [0.15, 0.2) is 0 Å². The van der Waals surface area contributed by atoms with Crippen molar-refractivity contribution in [2.24, 2.45) is 0 Å². The second kappa shape index (κ2) is 6.44. The van der Waals surface area contributed by atoms with Gasteiger partial charge in [-0.05, 0) is 0 Å². The van der Waals surface area contributed by atoms with E-state index in [0.717, 1.165) is 0 Å². The van der Waals surface area contributed by atoms with Crippen molar-refractivity contribution < 1.29 is 0 Å². The second-order valence-electron chi connectivity index (χ2n) is 10.6. The van der Waals surface area contributed by atoms with Crippen LogP contribution in [0, 0.1) is 0 Å². The van der Waals surface area contributed by atoms with Crippen molar-refractivity contribution in [1.29, 1.82) is 0 Å². The predicted molar refractivity (Wildman–Crippen MR) is 122 cm³/mol. The van der Waals surface area contributed by atoms with Crippen LogP contribution >= 0.6 is 0 Å². The van der Waals surface area contributed by atoms with Crippen LogP contribution < -0.4 is 0 Å². The summed E-state index contributed by atoms with van der Waals surface area (Å²) in [7, 11) is -3.49. The normalized spacial score (nSPS) is 18.3. The topological polar surface area (TPSA) is 0 Å². The molecule has 0 nitrogen and oxygen atoms in total. The van der Waals surface area contributed by atoms with Crippen molar-refractivity contribution in [2.45, 2.75) is 91.7 Å². The van der Waals surface area contributed by atoms with Crippen LogP contribution in [0.2, 0.25) is 91.7 Å². The van der Waals surface area contributed by atoms with Gasteiger partial charge in [0.1, 0.15) is 0 Å². The van der Waals surface area contributed by atoms with Crippen LogP contribution in [0.5, 0.6) is 0 Å². The molecule has 1 unspecified atom stereocenters. The fourth-order valence-corrected chi connectivity index (χ4v) is 275. The summed E-state index contributed by atoms with van der Waals surface area (Å²) in [6.45, 7) is 37.9. The van der Waals surface area contributed by atoms with Gasteiger partial charge in [-0.25, -0.2) is 0 Å². The first kappa shape index (κ1) is 22.5. The molecule has 0 aliphatic carbocycles. The lowest BCUT2D eigenvalue weighted by molar-refractivity contribution is 1.76. The third-order valence-corrected chi connectivity index (χ3v) is 166. The molecule has 0 rings (SSSR count). The van der Waals surface area contributed by atoms with Gasteiger partial charge in [0.15, 0.2) is 0 Å². The van der Waals surface area contributed by atoms with Gasteiger partial charge in [-0.15, -0.1) is 0 Å². The highest BCUT2D eigenvalue weighted by molar-refractivity contribution is 8.17. The fraction of sp³-hybridized carbons (Fsp3) is 1.00. The molecule has 0 bridgehead atoms. The highest BCUT2D eigenvalue weighted by atomic mass is 30.3. The summed E-state index contributed by atoms with van der Waals surface area (Å²) < 4.78 is 0. The van der Waals surface area contributed by atoms with Gasteiger partial charge in [0, 0.05) is 52.2 Å². The number of hydrogen-bond donors (Lipinski definition) is 0. The zero-order valence-corrected chi connectivity index (χ0v) is 24.5. The van der Waals surface area contributed by atoms with Crippen molar-refractivity contribution in [3.8, 4) is 0 Å². The molecule has 0 heterocycles. The van der Waals surface area contributed by atoms with E-state index in [-0.39, 0.29) is 16.6 Å². The summed E-state index contributed by atoms with van der Waals surface area (Å²) in [6, 6.07) is 0. The van der Waals surface area contributed by atoms with Crippen molar-refractivity contribution >= 4 is 52.2 Å². The minimum Gasteiger partial charge on any atom is -0.0754 e. The Morgan fingerprint density at radius 1 is 0.429 bits per heavy atom. The first-order valence-corrected chi connectivity index (χ1v) is 34.5. The van der Waals surface area contributed by atoms with Crippen LogP contribution in [0.4, 0.5) is 0 Å². The van der Waals surface area contributed by atoms with E-state index in [1.54, 1.807) is 0 Å². The zero-order chi connectivity index (χ0) is 17.7. The molecule has 0 aliphatic heterocycles. The second-order valence-corrected chi connectivity index (χ2v) is 82.9. The molecule has 0 aliphatic rings. The van der Waals surface area contributed by atoms with Crippen molar-refractivity contribution in [3.05, 3.63) is 0 Å². The van der Waals surface area contributed by atoms with E-state index < -0.39 is 35.5 Å². The minimum absolute atomic E-state index is 0.137. The maximum absolute atomic E-state index is 2.97. The smallest absolute Gasteiger partial charge is 0.0324 e. The van der Waals surface area contributed by atoms with E-state index in [2.05, 4.69) is 91.7 Å². The molecular formula is C14H42Si7. The van der Waals surface area contributed by atoms with E-state index in [4.69, 9.17) is 0 Å². The number of rotatable bonds is 6. The first-order chi connectivity index (χ1) is 8.89. The van der Waals surface area contributed by atoms with Gasteiger partial charge < -0.3 is 0 Å². The maximum atomic E-state index is 2.97. The van der Waals surface area contributed by atoms with Crippen molar-refractivity contribution in [2.75, 3.05) is 0 Å². The molecule has 0 aromatic carbocycles. The summed E-state index contributed by atoms with van der Waals surface area (Å²) >= 11 is 0. The van der Waals surface area contributed by atoms with Gasteiger partial charge in [0.05, 0.1) is 0 Å². The van der Waals surface area contributed by atoms with Gasteiger partial charge in [0.25, 0.3) is 0 Å². The van der Waals surface area contributed by atoms with Gasteiger partial charge in [0.2, 0.25) is 0 Å². The van der Waals surface area contributed by atoms with E-state index in [1.165, 1.54) is 0 Å². The van der Waals surface area contributed by atoms with Crippen molar-refractivity contribution in [3.63, 3.8) is 0 Å². The molecule has 0 N–H and O–H groups in total. The summed E-state index contributed by atoms with van der Waals surface area (Å²) in [5, 5.41) is 0. The van der Waals surface area contributed by atoms with Gasteiger partial charge in [-0.2, -0.15) is 0 Å². The highest BCUT2D eigenvalue weighted by Gasteiger charge is 2.70. The van der Waals surface area contributed by atoms with Crippen LogP contribution in [0.25, 0.3) is 0 Å². The Bertz CT molecular complexity index is 343. The molecular weight excluding hydrogens is 365 g/mol. The van der Waals surface area contributed by atoms with Gasteiger partial charge in [-0.1, -0.05) is 91.7 Å². The Hall–Kier alpha value is 1.52. The van der Waals surface area contributed by atoms with Gasteiger partial charge >= 0.3 is 0 Å². The van der Waals surface area contributed by atoms with E-state index in [1.807, 2.05) is 0 Å². The highest BCUT2D eigenvalue weighted by Crippen LogP contribution is 2.43. The lowest BCUT2D eigenvalue weighted by Gasteiger charge is -2.67. The molecule has 0 spiro atoms. The molecule has 0 saturated heterocycles. The third-order valence-electron chi connectivity index (χ3n) is 6.25. The van der Waals surface area contributed by atoms with E-state index in [9.17, 15) is 0 Å². The number of hydrogen-bond acceptors (Lipinski definition) is 0. The summed E-state index contributed by atoms with van der Waals surface area (Å²) in [5.41, 5.74) is 0. The fourth-order valence-electron chi connectivity index (χ4n) is 6.31. The Morgan fingerprint density at radius 3 is 0.762 bits per heavy atom. The molecule has 0 amide bonds. The average molecular weight is 407 g/mol. The SMILES string of the molecule is C[Si](C)[Si](C)([Si](C)(C)C)[Si]([Si](C)C)([Si](C)(C)C)[Si](C)(C)C. The van der Waals surface area contributed by atoms with E-state index in [0.29, 0.717) is 0 Å². The molecule has 1 atom stereocenters. The molecule has 0 saturated carbocycles. The van der Waals surface area contributed by atoms with Crippen LogP contribution in [0.3, 0.4) is 0 Å². The average Bonchev–Trinajstić information content (AvgIpc) is 2.09. The van der Waals surface area contributed by atoms with E-state index >= 15 is 0 Å². The minimum atomic E-state index is -1.10. The molecule has 2 radical (unpaired) electrons. The standard InChI is InChI=1S/C14H42Si7/c1-15(2)20(14,17(5,6)7)21(16(3)4,18(8,9)10)19(11,12)13/h1-14H3. The quantitative estimate of drug-likeness (QED) is 0.510. The lowest BCUT2D eigenvalue weighted by Crippen LogP contribution is -2.97. The molecule has 7 heteroatoms. The Kier molecular flexibility index (Phi) is 6.90. The molecule has 0 aromatic rings. The third kappa shape index (κ3) is 3.34. The van der Waals surface area contributed by atoms with Crippen molar-refractivity contribution in [1.82, 2.24) is 0 Å². The Labute approximate surface area is 143 Å². The monoisotopic (exact) mass is 406 g/mol. The van der Waals surface area contributed by atoms with Crippen LogP contribution in [-0.4, -0.2) is 52.2 Å². The summed E-state index contributed by atoms with van der Waals surface area (Å²) in [6.07, 6.45) is -1.10. The molecule has 21 heavy (non-hydrogen) atoms. The van der Waals surface area contributed by atoms with Crippen LogP contribution in [0.1, 0.15) is 0 Å². The largest absolute Gasteiger partial charge is 0.0754 e. The lowest BCUT2D eigenvalue weighted by atomic mass is 11.8. The Balaban J connectivity index is 6.94. The maximum Gasteiger partial charge on any atom is 0.0324 e. The summed E-state index contributed by atoms with van der Waals surface area (Å²) in [4.78, 5) is 0. The molecule has 0 aromatic heterocycles.